The largest absolute Gasteiger partial charge is 0.462 e. The quantitative estimate of drug-likeness (QED) is 0.613. The van der Waals surface area contributed by atoms with Gasteiger partial charge in [0, 0.05) is 19.3 Å². The summed E-state index contributed by atoms with van der Waals surface area (Å²) in [5.41, 5.74) is -0.617. The minimum atomic E-state index is -0.917. The van der Waals surface area contributed by atoms with Crippen molar-refractivity contribution in [2.45, 2.75) is 104 Å². The predicted octanol–water partition coefficient (Wildman–Crippen LogP) is 4.85. The Labute approximate surface area is 180 Å². The molecular formula is C25H38O5. The van der Waals surface area contributed by atoms with E-state index in [0.717, 1.165) is 32.1 Å². The van der Waals surface area contributed by atoms with Crippen LogP contribution >= 0.6 is 0 Å². The van der Waals surface area contributed by atoms with Crippen molar-refractivity contribution in [3.63, 3.8) is 0 Å². The normalized spacial score (nSPS) is 47.4. The Kier molecular flexibility index (Phi) is 5.34. The molecule has 5 nitrogen and oxygen atoms in total. The molecule has 0 bridgehead atoms. The lowest BCUT2D eigenvalue weighted by Gasteiger charge is -2.61. The summed E-state index contributed by atoms with van der Waals surface area (Å²) in [7, 11) is 0. The van der Waals surface area contributed by atoms with Gasteiger partial charge in [-0.25, -0.2) is 0 Å². The number of fused-ring (bicyclic) bond motifs is 5. The zero-order chi connectivity index (χ0) is 21.9. The van der Waals surface area contributed by atoms with Gasteiger partial charge in [0.1, 0.15) is 6.10 Å². The number of Topliss-reactive ketones (excluding diaryl/α,β-unsaturated/α-hetero) is 1. The lowest BCUT2D eigenvalue weighted by atomic mass is 9.44. The molecule has 0 aromatic carbocycles. The summed E-state index contributed by atoms with van der Waals surface area (Å²) in [5, 5.41) is 0. The van der Waals surface area contributed by atoms with E-state index in [-0.39, 0.29) is 34.7 Å². The third-order valence-electron chi connectivity index (χ3n) is 9.91. The van der Waals surface area contributed by atoms with E-state index < -0.39 is 5.60 Å². The van der Waals surface area contributed by atoms with E-state index >= 15 is 0 Å². The van der Waals surface area contributed by atoms with Gasteiger partial charge in [-0.2, -0.15) is 0 Å². The summed E-state index contributed by atoms with van der Waals surface area (Å²) in [4.78, 5) is 35.9. The number of carbonyl (C=O) groups is 3. The van der Waals surface area contributed by atoms with Gasteiger partial charge in [-0.05, 0) is 93.8 Å². The number of hydrogen-bond donors (Lipinski definition) is 0. The standard InChI is InChI=1S/C25H38O5/c1-15(26)25(30-17(3)28)13-12-23(4)18(14-25)6-7-19-20-8-9-22(29-16(2)27)24(20,5)11-10-21(19)23/h18-22H,6-14H2,1-5H3/t18-,19+,20+,21-,22-,23-,24-,25+/m0/s1. The summed E-state index contributed by atoms with van der Waals surface area (Å²) in [5.74, 6) is 1.85. The van der Waals surface area contributed by atoms with Crippen LogP contribution in [0.15, 0.2) is 0 Å². The van der Waals surface area contributed by atoms with E-state index in [1.807, 2.05) is 0 Å². The second-order valence-corrected chi connectivity index (χ2v) is 11.2. The Bertz CT molecular complexity index is 746. The first-order chi connectivity index (χ1) is 14.0. The molecule has 0 saturated heterocycles. The molecule has 4 saturated carbocycles. The van der Waals surface area contributed by atoms with Gasteiger partial charge in [-0.3, -0.25) is 14.4 Å². The van der Waals surface area contributed by atoms with Gasteiger partial charge in [0.2, 0.25) is 0 Å². The van der Waals surface area contributed by atoms with Crippen molar-refractivity contribution in [2.75, 3.05) is 0 Å². The van der Waals surface area contributed by atoms with E-state index in [2.05, 4.69) is 13.8 Å². The van der Waals surface area contributed by atoms with E-state index in [1.54, 1.807) is 6.92 Å². The molecule has 0 amide bonds. The SMILES string of the molecule is CC(=O)O[C@H]1CC[C@@H]2[C@H]3CC[C@H]4C[C@@](OC(C)=O)(C(C)=O)CC[C@]4(C)[C@H]3CC[C@]12C. The van der Waals surface area contributed by atoms with Gasteiger partial charge < -0.3 is 9.47 Å². The molecule has 0 radical (unpaired) electrons. The number of esters is 2. The van der Waals surface area contributed by atoms with E-state index in [4.69, 9.17) is 9.47 Å². The molecule has 4 aliphatic rings. The van der Waals surface area contributed by atoms with Crippen LogP contribution < -0.4 is 0 Å². The van der Waals surface area contributed by atoms with Crippen LogP contribution in [0.25, 0.3) is 0 Å². The monoisotopic (exact) mass is 418 g/mol. The Morgan fingerprint density at radius 3 is 2.10 bits per heavy atom. The molecule has 0 aromatic rings. The summed E-state index contributed by atoms with van der Waals surface area (Å²) < 4.78 is 11.4. The van der Waals surface area contributed by atoms with Gasteiger partial charge in [-0.15, -0.1) is 0 Å². The molecule has 4 fully saturated rings. The number of carbonyl (C=O) groups excluding carboxylic acids is 3. The molecule has 0 heterocycles. The first-order valence-electron chi connectivity index (χ1n) is 11.9. The number of rotatable bonds is 3. The van der Waals surface area contributed by atoms with Crippen LogP contribution in [0.1, 0.15) is 92.4 Å². The summed E-state index contributed by atoms with van der Waals surface area (Å²) >= 11 is 0. The molecule has 4 rings (SSSR count). The highest BCUT2D eigenvalue weighted by Gasteiger charge is 2.63. The van der Waals surface area contributed by atoms with Crippen LogP contribution in [0.2, 0.25) is 0 Å². The van der Waals surface area contributed by atoms with E-state index in [9.17, 15) is 14.4 Å². The average molecular weight is 419 g/mol. The Morgan fingerprint density at radius 1 is 0.767 bits per heavy atom. The molecule has 8 atom stereocenters. The van der Waals surface area contributed by atoms with Crippen LogP contribution in [-0.2, 0) is 23.9 Å². The van der Waals surface area contributed by atoms with Gasteiger partial charge in [0.25, 0.3) is 0 Å². The summed E-state index contributed by atoms with van der Waals surface area (Å²) in [6.07, 6.45) is 9.03. The van der Waals surface area contributed by atoms with Crippen LogP contribution in [0.3, 0.4) is 0 Å². The highest BCUT2D eigenvalue weighted by molar-refractivity contribution is 5.87. The molecule has 0 aromatic heterocycles. The lowest BCUT2D eigenvalue weighted by molar-refractivity contribution is -0.188. The van der Waals surface area contributed by atoms with Gasteiger partial charge in [0.05, 0.1) is 0 Å². The molecule has 0 N–H and O–H groups in total. The number of ether oxygens (including phenoxy) is 2. The Hall–Kier alpha value is -1.39. The minimum Gasteiger partial charge on any atom is -0.462 e. The van der Waals surface area contributed by atoms with Crippen LogP contribution in [0, 0.1) is 34.5 Å². The van der Waals surface area contributed by atoms with Crippen molar-refractivity contribution >= 4 is 17.7 Å². The van der Waals surface area contributed by atoms with Crippen molar-refractivity contribution in [2.24, 2.45) is 34.5 Å². The fourth-order valence-electron chi connectivity index (χ4n) is 8.34. The molecule has 0 spiro atoms. The Balaban J connectivity index is 1.56. The van der Waals surface area contributed by atoms with Gasteiger partial charge in [0.15, 0.2) is 11.4 Å². The van der Waals surface area contributed by atoms with Crippen LogP contribution in [0.4, 0.5) is 0 Å². The van der Waals surface area contributed by atoms with Crippen molar-refractivity contribution in [3.05, 3.63) is 0 Å². The highest BCUT2D eigenvalue weighted by Crippen LogP contribution is 2.67. The predicted molar refractivity (Wildman–Crippen MR) is 112 cm³/mol. The third-order valence-corrected chi connectivity index (χ3v) is 9.91. The molecule has 5 heteroatoms. The van der Waals surface area contributed by atoms with Crippen molar-refractivity contribution in [1.82, 2.24) is 0 Å². The molecule has 0 unspecified atom stereocenters. The summed E-state index contributed by atoms with van der Waals surface area (Å²) in [6, 6.07) is 0. The molecule has 4 aliphatic carbocycles. The lowest BCUT2D eigenvalue weighted by Crippen LogP contribution is -2.58. The average Bonchev–Trinajstić information content (AvgIpc) is 2.97. The smallest absolute Gasteiger partial charge is 0.303 e. The van der Waals surface area contributed by atoms with Crippen molar-refractivity contribution in [3.8, 4) is 0 Å². The van der Waals surface area contributed by atoms with Crippen LogP contribution in [0.5, 0.6) is 0 Å². The second kappa shape index (κ2) is 7.34. The van der Waals surface area contributed by atoms with Gasteiger partial charge in [-0.1, -0.05) is 13.8 Å². The Morgan fingerprint density at radius 2 is 1.47 bits per heavy atom. The first-order valence-corrected chi connectivity index (χ1v) is 11.9. The maximum atomic E-state index is 12.5. The number of hydrogen-bond acceptors (Lipinski definition) is 5. The second-order valence-electron chi connectivity index (χ2n) is 11.2. The third kappa shape index (κ3) is 3.22. The van der Waals surface area contributed by atoms with Crippen molar-refractivity contribution < 1.29 is 23.9 Å². The number of ketones is 1. The van der Waals surface area contributed by atoms with Gasteiger partial charge >= 0.3 is 11.9 Å². The molecule has 168 valence electrons. The zero-order valence-electron chi connectivity index (χ0n) is 19.3. The maximum absolute atomic E-state index is 12.5. The summed E-state index contributed by atoms with van der Waals surface area (Å²) in [6.45, 7) is 9.31. The highest BCUT2D eigenvalue weighted by atomic mass is 16.6. The van der Waals surface area contributed by atoms with Crippen molar-refractivity contribution in [1.29, 1.82) is 0 Å². The molecule has 0 aliphatic heterocycles. The zero-order valence-corrected chi connectivity index (χ0v) is 19.3. The van der Waals surface area contributed by atoms with E-state index in [1.165, 1.54) is 26.7 Å². The topological polar surface area (TPSA) is 69.7 Å². The first kappa shape index (κ1) is 21.8. The molecule has 30 heavy (non-hydrogen) atoms. The van der Waals surface area contributed by atoms with E-state index in [0.29, 0.717) is 36.5 Å². The fourth-order valence-corrected chi connectivity index (χ4v) is 8.34. The maximum Gasteiger partial charge on any atom is 0.303 e. The molecular weight excluding hydrogens is 380 g/mol. The van der Waals surface area contributed by atoms with Crippen LogP contribution in [-0.4, -0.2) is 29.4 Å². The fraction of sp³-hybridized carbons (Fsp3) is 0.880. The minimum absolute atomic E-state index is 0.00175.